The van der Waals surface area contributed by atoms with E-state index >= 15 is 0 Å². The van der Waals surface area contributed by atoms with Gasteiger partial charge in [-0.05, 0) is 22.9 Å². The number of aliphatic hydroxyl groups excluding tert-OH is 1. The molecule has 0 radical (unpaired) electrons. The van der Waals surface area contributed by atoms with Crippen molar-refractivity contribution in [2.45, 2.75) is 25.0 Å². The van der Waals surface area contributed by atoms with Crippen molar-refractivity contribution >= 4 is 26.0 Å². The Labute approximate surface area is 124 Å². The molecule has 0 amide bonds. The number of nitrogens with one attached hydrogen (secondary N) is 1. The number of aliphatic hydroxyl groups is 1. The molecule has 0 saturated carbocycles. The van der Waals surface area contributed by atoms with Crippen molar-refractivity contribution in [3.05, 3.63) is 34.0 Å². The molecular formula is C11H14BrN3O4S. The molecule has 0 spiro atoms. The summed E-state index contributed by atoms with van der Waals surface area (Å²) in [5.41, 5.74) is 1.55. The second kappa shape index (κ2) is 5.68. The monoisotopic (exact) mass is 363 g/mol. The first-order chi connectivity index (χ1) is 9.33. The molecule has 110 valence electrons. The number of rotatable bonds is 5. The Bertz CT molecular complexity index is 720. The first kappa shape index (κ1) is 15.2. The molecule has 0 atom stereocenters. The van der Waals surface area contributed by atoms with E-state index in [1.54, 1.807) is 24.9 Å². The minimum atomic E-state index is -3.72. The molecule has 0 fully saturated rings. The predicted octanol–water partition coefficient (Wildman–Crippen LogP) is 1.05. The zero-order valence-electron chi connectivity index (χ0n) is 10.9. The van der Waals surface area contributed by atoms with Crippen LogP contribution >= 0.6 is 15.9 Å². The van der Waals surface area contributed by atoms with Crippen molar-refractivity contribution in [2.24, 2.45) is 7.05 Å². The number of hydrogen-bond donors (Lipinski definition) is 2. The van der Waals surface area contributed by atoms with Crippen molar-refractivity contribution in [2.75, 3.05) is 0 Å². The molecule has 20 heavy (non-hydrogen) atoms. The molecule has 2 aromatic rings. The van der Waals surface area contributed by atoms with Crippen LogP contribution in [0.1, 0.15) is 17.0 Å². The van der Waals surface area contributed by atoms with Gasteiger partial charge in [-0.1, -0.05) is 0 Å². The molecule has 0 aliphatic carbocycles. The van der Waals surface area contributed by atoms with Crippen LogP contribution in [-0.2, 0) is 30.2 Å². The fraction of sp³-hybridized carbons (Fsp3) is 0.364. The quantitative estimate of drug-likeness (QED) is 0.827. The Hall–Kier alpha value is -1.16. The van der Waals surface area contributed by atoms with Crippen LogP contribution in [0, 0.1) is 6.92 Å². The van der Waals surface area contributed by atoms with Gasteiger partial charge in [0, 0.05) is 31.4 Å². The molecule has 0 aromatic carbocycles. The summed E-state index contributed by atoms with van der Waals surface area (Å²) in [6, 6.07) is 1.28. The molecule has 7 nitrogen and oxygen atoms in total. The van der Waals surface area contributed by atoms with Crippen LogP contribution in [0.25, 0.3) is 0 Å². The van der Waals surface area contributed by atoms with Gasteiger partial charge in [-0.2, -0.15) is 5.10 Å². The lowest BCUT2D eigenvalue weighted by molar-refractivity contribution is 0.245. The predicted molar refractivity (Wildman–Crippen MR) is 74.3 cm³/mol. The van der Waals surface area contributed by atoms with Gasteiger partial charge in [-0.3, -0.25) is 4.68 Å². The topological polar surface area (TPSA) is 97.4 Å². The highest BCUT2D eigenvalue weighted by Crippen LogP contribution is 2.26. The standard InChI is InChI=1S/C11H14BrN3O4S/c1-7-8(5-15(2)14-7)4-13-20(17,18)10-3-9(6-16)19-11(10)12/h3,5,13,16H,4,6H2,1-2H3. The van der Waals surface area contributed by atoms with Crippen LogP contribution in [0.5, 0.6) is 0 Å². The third-order valence-electron chi connectivity index (χ3n) is 2.72. The second-order valence-electron chi connectivity index (χ2n) is 4.25. The Kier molecular flexibility index (Phi) is 4.33. The average Bonchev–Trinajstić information content (AvgIpc) is 2.90. The number of nitrogens with zero attached hydrogens (tertiary/aromatic N) is 2. The summed E-state index contributed by atoms with van der Waals surface area (Å²) in [5.74, 6) is 0.176. The van der Waals surface area contributed by atoms with E-state index in [2.05, 4.69) is 25.8 Å². The third-order valence-corrected chi connectivity index (χ3v) is 4.98. The van der Waals surface area contributed by atoms with Crippen molar-refractivity contribution < 1.29 is 17.9 Å². The summed E-state index contributed by atoms with van der Waals surface area (Å²) in [7, 11) is -1.96. The highest BCUT2D eigenvalue weighted by Gasteiger charge is 2.22. The smallest absolute Gasteiger partial charge is 0.245 e. The van der Waals surface area contributed by atoms with Crippen molar-refractivity contribution in [3.8, 4) is 0 Å². The first-order valence-electron chi connectivity index (χ1n) is 5.71. The number of aryl methyl sites for hydroxylation is 2. The molecule has 0 unspecified atom stereocenters. The fourth-order valence-electron chi connectivity index (χ4n) is 1.73. The van der Waals surface area contributed by atoms with Crippen LogP contribution in [-0.4, -0.2) is 23.3 Å². The number of sulfonamides is 1. The summed E-state index contributed by atoms with van der Waals surface area (Å²) < 4.78 is 33.5. The molecule has 9 heteroatoms. The number of furan rings is 1. The maximum atomic E-state index is 12.2. The van der Waals surface area contributed by atoms with Crippen molar-refractivity contribution in [1.29, 1.82) is 0 Å². The molecule has 0 aliphatic rings. The molecule has 2 heterocycles. The van der Waals surface area contributed by atoms with E-state index in [-0.39, 0.29) is 28.5 Å². The maximum absolute atomic E-state index is 12.2. The minimum absolute atomic E-state index is 0.0388. The van der Waals surface area contributed by atoms with E-state index in [9.17, 15) is 8.42 Å². The summed E-state index contributed by atoms with van der Waals surface area (Å²) >= 11 is 3.03. The SMILES string of the molecule is Cc1nn(C)cc1CNS(=O)(=O)c1cc(CO)oc1Br. The lowest BCUT2D eigenvalue weighted by Crippen LogP contribution is -2.23. The molecule has 2 N–H and O–H groups in total. The van der Waals surface area contributed by atoms with Gasteiger partial charge in [-0.15, -0.1) is 0 Å². The van der Waals surface area contributed by atoms with Crippen LogP contribution in [0.2, 0.25) is 0 Å². The third kappa shape index (κ3) is 3.11. The fourth-order valence-corrected chi connectivity index (χ4v) is 3.73. The average molecular weight is 364 g/mol. The van der Waals surface area contributed by atoms with Crippen LogP contribution in [0.3, 0.4) is 0 Å². The largest absolute Gasteiger partial charge is 0.450 e. The van der Waals surface area contributed by atoms with Crippen LogP contribution in [0.4, 0.5) is 0 Å². The Balaban J connectivity index is 2.19. The van der Waals surface area contributed by atoms with E-state index in [0.29, 0.717) is 0 Å². The van der Waals surface area contributed by atoms with E-state index in [1.165, 1.54) is 6.07 Å². The number of halogens is 1. The Morgan fingerprint density at radius 2 is 2.25 bits per heavy atom. The van der Waals surface area contributed by atoms with Gasteiger partial charge >= 0.3 is 0 Å². The normalized spacial score (nSPS) is 12.0. The van der Waals surface area contributed by atoms with E-state index in [0.717, 1.165) is 11.3 Å². The molecular weight excluding hydrogens is 350 g/mol. The zero-order chi connectivity index (χ0) is 14.9. The first-order valence-corrected chi connectivity index (χ1v) is 7.99. The van der Waals surface area contributed by atoms with Crippen LogP contribution < -0.4 is 4.72 Å². The van der Waals surface area contributed by atoms with Crippen molar-refractivity contribution in [1.82, 2.24) is 14.5 Å². The molecule has 2 rings (SSSR count). The highest BCUT2D eigenvalue weighted by atomic mass is 79.9. The van der Waals surface area contributed by atoms with Crippen LogP contribution in [0.15, 0.2) is 26.2 Å². The number of aromatic nitrogens is 2. The lowest BCUT2D eigenvalue weighted by atomic mass is 10.3. The van der Waals surface area contributed by atoms with E-state index in [4.69, 9.17) is 9.52 Å². The van der Waals surface area contributed by atoms with Gasteiger partial charge in [0.05, 0.1) is 5.69 Å². The second-order valence-corrected chi connectivity index (χ2v) is 6.70. The lowest BCUT2D eigenvalue weighted by Gasteiger charge is -2.04. The van der Waals surface area contributed by atoms with E-state index < -0.39 is 10.0 Å². The summed E-state index contributed by atoms with van der Waals surface area (Å²) in [5, 5.41) is 13.1. The summed E-state index contributed by atoms with van der Waals surface area (Å²) in [4.78, 5) is -0.0388. The van der Waals surface area contributed by atoms with Gasteiger partial charge in [0.25, 0.3) is 0 Å². The van der Waals surface area contributed by atoms with Gasteiger partial charge in [0.2, 0.25) is 10.0 Å². The molecule has 0 aliphatic heterocycles. The van der Waals surface area contributed by atoms with Crippen molar-refractivity contribution in [3.63, 3.8) is 0 Å². The maximum Gasteiger partial charge on any atom is 0.245 e. The van der Waals surface area contributed by atoms with Gasteiger partial charge in [-0.25, -0.2) is 13.1 Å². The highest BCUT2D eigenvalue weighted by molar-refractivity contribution is 9.10. The molecule has 2 aromatic heterocycles. The summed E-state index contributed by atoms with van der Waals surface area (Å²) in [6.07, 6.45) is 1.75. The Morgan fingerprint density at radius 3 is 2.75 bits per heavy atom. The van der Waals surface area contributed by atoms with E-state index in [1.807, 2.05) is 0 Å². The zero-order valence-corrected chi connectivity index (χ0v) is 13.3. The van der Waals surface area contributed by atoms with Gasteiger partial charge in [0.1, 0.15) is 17.3 Å². The molecule has 0 saturated heterocycles. The minimum Gasteiger partial charge on any atom is -0.450 e. The number of hydrogen-bond acceptors (Lipinski definition) is 5. The summed E-state index contributed by atoms with van der Waals surface area (Å²) in [6.45, 7) is 1.57. The van der Waals surface area contributed by atoms with Gasteiger partial charge in [0.15, 0.2) is 4.67 Å². The molecule has 0 bridgehead atoms. The Morgan fingerprint density at radius 1 is 1.55 bits per heavy atom. The van der Waals surface area contributed by atoms with Gasteiger partial charge < -0.3 is 9.52 Å².